The molecule has 1 aliphatic rings. The van der Waals surface area contributed by atoms with E-state index in [2.05, 4.69) is 15.1 Å². The van der Waals surface area contributed by atoms with Crippen LogP contribution >= 0.6 is 0 Å². The van der Waals surface area contributed by atoms with Crippen molar-refractivity contribution in [1.29, 1.82) is 0 Å². The van der Waals surface area contributed by atoms with Crippen molar-refractivity contribution in [2.45, 2.75) is 18.7 Å². The highest BCUT2D eigenvalue weighted by atomic mass is 32.2. The van der Waals surface area contributed by atoms with Crippen LogP contribution in [-0.2, 0) is 10.0 Å². The number of methoxy groups -OCH3 is 1. The Morgan fingerprint density at radius 1 is 1.00 bits per heavy atom. The lowest BCUT2D eigenvalue weighted by molar-refractivity contribution is 0.383. The molecule has 8 heteroatoms. The van der Waals surface area contributed by atoms with E-state index in [0.29, 0.717) is 36.8 Å². The molecule has 0 radical (unpaired) electrons. The van der Waals surface area contributed by atoms with E-state index in [0.717, 1.165) is 17.1 Å². The van der Waals surface area contributed by atoms with Gasteiger partial charge >= 0.3 is 0 Å². The highest BCUT2D eigenvalue weighted by Gasteiger charge is 2.29. The number of aryl methyl sites for hydroxylation is 2. The van der Waals surface area contributed by atoms with Gasteiger partial charge in [-0.05, 0) is 49.7 Å². The third kappa shape index (κ3) is 3.59. The summed E-state index contributed by atoms with van der Waals surface area (Å²) in [6.45, 7) is 5.74. The molecule has 2 heterocycles. The fourth-order valence-electron chi connectivity index (χ4n) is 2.88. The number of benzene rings is 1. The molecule has 3 rings (SSSR count). The zero-order valence-electron chi connectivity index (χ0n) is 14.6. The third-order valence-electron chi connectivity index (χ3n) is 4.35. The van der Waals surface area contributed by atoms with Crippen LogP contribution in [-0.4, -0.2) is 56.2 Å². The smallest absolute Gasteiger partial charge is 0.243 e. The molecule has 1 fully saturated rings. The Kier molecular flexibility index (Phi) is 4.91. The normalized spacial score (nSPS) is 16.0. The first-order chi connectivity index (χ1) is 11.9. The quantitative estimate of drug-likeness (QED) is 0.823. The van der Waals surface area contributed by atoms with E-state index in [1.807, 2.05) is 26.0 Å². The molecule has 0 saturated carbocycles. The molecule has 1 aromatic carbocycles. The Morgan fingerprint density at radius 2 is 1.72 bits per heavy atom. The van der Waals surface area contributed by atoms with Crippen LogP contribution in [0.1, 0.15) is 11.3 Å². The van der Waals surface area contributed by atoms with Gasteiger partial charge in [-0.1, -0.05) is 0 Å². The van der Waals surface area contributed by atoms with Gasteiger partial charge in [0.2, 0.25) is 10.0 Å². The van der Waals surface area contributed by atoms with Crippen LogP contribution in [0.4, 0.5) is 5.82 Å². The van der Waals surface area contributed by atoms with Gasteiger partial charge in [-0.3, -0.25) is 0 Å². The van der Waals surface area contributed by atoms with E-state index in [1.165, 1.54) is 4.31 Å². The lowest BCUT2D eigenvalue weighted by Crippen LogP contribution is -2.49. The molecule has 0 spiro atoms. The Hall–Kier alpha value is -2.19. The molecule has 0 unspecified atom stereocenters. The third-order valence-corrected chi connectivity index (χ3v) is 6.25. The summed E-state index contributed by atoms with van der Waals surface area (Å²) in [5.74, 6) is 1.46. The van der Waals surface area contributed by atoms with E-state index < -0.39 is 10.0 Å². The van der Waals surface area contributed by atoms with Crippen molar-refractivity contribution in [1.82, 2.24) is 14.5 Å². The Labute approximate surface area is 148 Å². The van der Waals surface area contributed by atoms with Gasteiger partial charge in [-0.25, -0.2) is 8.42 Å². The molecule has 1 saturated heterocycles. The van der Waals surface area contributed by atoms with Gasteiger partial charge in [0.1, 0.15) is 5.75 Å². The lowest BCUT2D eigenvalue weighted by atomic mass is 10.2. The fraction of sp³-hybridized carbons (Fsp3) is 0.412. The van der Waals surface area contributed by atoms with E-state index >= 15 is 0 Å². The topological polar surface area (TPSA) is 75.6 Å². The van der Waals surface area contributed by atoms with Gasteiger partial charge in [0.15, 0.2) is 5.82 Å². The molecule has 0 N–H and O–H groups in total. The standard InChI is InChI=1S/C17H22N4O3S/c1-13-12-15(5-6-16(13)24-3)25(22,23)21-10-8-20(9-11-21)17-7-4-14(2)18-19-17/h4-7,12H,8-11H2,1-3H3. The summed E-state index contributed by atoms with van der Waals surface area (Å²) in [6.07, 6.45) is 0. The second-order valence-corrected chi connectivity index (χ2v) is 7.99. The number of aromatic nitrogens is 2. The first-order valence-electron chi connectivity index (χ1n) is 8.12. The Morgan fingerprint density at radius 3 is 2.28 bits per heavy atom. The minimum atomic E-state index is -3.51. The van der Waals surface area contributed by atoms with E-state index in [1.54, 1.807) is 25.3 Å². The maximum Gasteiger partial charge on any atom is 0.243 e. The van der Waals surface area contributed by atoms with Crippen LogP contribution < -0.4 is 9.64 Å². The lowest BCUT2D eigenvalue weighted by Gasteiger charge is -2.34. The van der Waals surface area contributed by atoms with Crippen LogP contribution in [0.15, 0.2) is 35.2 Å². The van der Waals surface area contributed by atoms with Gasteiger partial charge in [-0.15, -0.1) is 5.10 Å². The summed E-state index contributed by atoms with van der Waals surface area (Å²) in [4.78, 5) is 2.35. The number of ether oxygens (including phenoxy) is 1. The number of sulfonamides is 1. The summed E-state index contributed by atoms with van der Waals surface area (Å²) in [5.41, 5.74) is 1.66. The highest BCUT2D eigenvalue weighted by Crippen LogP contribution is 2.25. The predicted molar refractivity (Wildman–Crippen MR) is 95.5 cm³/mol. The van der Waals surface area contributed by atoms with Gasteiger partial charge in [0.05, 0.1) is 17.7 Å². The Bertz CT molecular complexity index is 845. The van der Waals surface area contributed by atoms with Crippen molar-refractivity contribution >= 4 is 15.8 Å². The van der Waals surface area contributed by atoms with Crippen molar-refractivity contribution in [3.05, 3.63) is 41.6 Å². The monoisotopic (exact) mass is 362 g/mol. The maximum atomic E-state index is 12.9. The summed E-state index contributed by atoms with van der Waals surface area (Å²) < 4.78 is 32.5. The van der Waals surface area contributed by atoms with E-state index in [9.17, 15) is 8.42 Å². The molecule has 7 nitrogen and oxygen atoms in total. The summed E-state index contributed by atoms with van der Waals surface area (Å²) in [6, 6.07) is 8.77. The molecule has 25 heavy (non-hydrogen) atoms. The minimum Gasteiger partial charge on any atom is -0.496 e. The average Bonchev–Trinajstić information content (AvgIpc) is 2.62. The minimum absolute atomic E-state index is 0.300. The van der Waals surface area contributed by atoms with Crippen LogP contribution in [0.3, 0.4) is 0 Å². The molecule has 1 aromatic heterocycles. The maximum absolute atomic E-state index is 12.9. The number of rotatable bonds is 4. The molecule has 2 aromatic rings. The molecular weight excluding hydrogens is 340 g/mol. The first kappa shape index (κ1) is 17.6. The average molecular weight is 362 g/mol. The summed E-state index contributed by atoms with van der Waals surface area (Å²) in [5, 5.41) is 8.23. The zero-order valence-corrected chi connectivity index (χ0v) is 15.5. The van der Waals surface area contributed by atoms with Crippen molar-refractivity contribution in [2.24, 2.45) is 0 Å². The molecule has 0 aliphatic carbocycles. The summed E-state index contributed by atoms with van der Waals surface area (Å²) >= 11 is 0. The number of nitrogens with zero attached hydrogens (tertiary/aromatic N) is 4. The molecule has 134 valence electrons. The van der Waals surface area contributed by atoms with Crippen molar-refractivity contribution in [3.63, 3.8) is 0 Å². The van der Waals surface area contributed by atoms with Gasteiger partial charge in [0, 0.05) is 26.2 Å². The fourth-order valence-corrected chi connectivity index (χ4v) is 4.39. The first-order valence-corrected chi connectivity index (χ1v) is 9.56. The van der Waals surface area contributed by atoms with Gasteiger partial charge < -0.3 is 9.64 Å². The molecular formula is C17H22N4O3S. The van der Waals surface area contributed by atoms with Crippen LogP contribution in [0.25, 0.3) is 0 Å². The Balaban J connectivity index is 1.73. The SMILES string of the molecule is COc1ccc(S(=O)(=O)N2CCN(c3ccc(C)nn3)CC2)cc1C. The van der Waals surface area contributed by atoms with Crippen LogP contribution in [0, 0.1) is 13.8 Å². The molecule has 1 aliphatic heterocycles. The zero-order chi connectivity index (χ0) is 18.0. The molecule has 0 amide bonds. The second-order valence-electron chi connectivity index (χ2n) is 6.06. The van der Waals surface area contributed by atoms with Crippen molar-refractivity contribution < 1.29 is 13.2 Å². The summed E-state index contributed by atoms with van der Waals surface area (Å²) in [7, 11) is -1.93. The largest absolute Gasteiger partial charge is 0.496 e. The van der Waals surface area contributed by atoms with E-state index in [4.69, 9.17) is 4.74 Å². The number of hydrogen-bond donors (Lipinski definition) is 0. The predicted octanol–water partition coefficient (Wildman–Crippen LogP) is 1.61. The number of anilines is 1. The van der Waals surface area contributed by atoms with Crippen molar-refractivity contribution in [3.8, 4) is 5.75 Å². The van der Waals surface area contributed by atoms with Gasteiger partial charge in [0.25, 0.3) is 0 Å². The molecule has 0 atom stereocenters. The molecule has 0 bridgehead atoms. The number of piperazine rings is 1. The van der Waals surface area contributed by atoms with Crippen molar-refractivity contribution in [2.75, 3.05) is 38.2 Å². The number of hydrogen-bond acceptors (Lipinski definition) is 6. The van der Waals surface area contributed by atoms with Crippen LogP contribution in [0.5, 0.6) is 5.75 Å². The second kappa shape index (κ2) is 6.97. The van der Waals surface area contributed by atoms with Gasteiger partial charge in [-0.2, -0.15) is 9.40 Å². The highest BCUT2D eigenvalue weighted by molar-refractivity contribution is 7.89. The van der Waals surface area contributed by atoms with E-state index in [-0.39, 0.29) is 0 Å². The van der Waals surface area contributed by atoms with Crippen LogP contribution in [0.2, 0.25) is 0 Å².